The topological polar surface area (TPSA) is 21.3 Å². The van der Waals surface area contributed by atoms with Crippen LogP contribution in [0.1, 0.15) is 46.5 Å². The summed E-state index contributed by atoms with van der Waals surface area (Å²) in [5.41, 5.74) is 0.0309. The first kappa shape index (κ1) is 11.0. The maximum absolute atomic E-state index is 5.66. The van der Waals surface area contributed by atoms with Gasteiger partial charge in [-0.1, -0.05) is 0 Å². The molecule has 0 aromatic rings. The zero-order valence-electron chi connectivity index (χ0n) is 9.23. The molecule has 78 valence electrons. The Morgan fingerprint density at radius 3 is 2.69 bits per heavy atom. The molecule has 0 spiro atoms. The molecule has 1 aliphatic rings. The zero-order chi connectivity index (χ0) is 9.73. The van der Waals surface area contributed by atoms with Crippen molar-refractivity contribution in [3.63, 3.8) is 0 Å². The minimum absolute atomic E-state index is 0.0309. The van der Waals surface area contributed by atoms with Gasteiger partial charge < -0.3 is 10.1 Å². The second-order valence-electron chi connectivity index (χ2n) is 4.90. The van der Waals surface area contributed by atoms with Crippen molar-refractivity contribution in [2.75, 3.05) is 13.2 Å². The van der Waals surface area contributed by atoms with Crippen molar-refractivity contribution >= 4 is 0 Å². The third-order valence-corrected chi connectivity index (χ3v) is 2.39. The summed E-state index contributed by atoms with van der Waals surface area (Å²) >= 11 is 0. The van der Waals surface area contributed by atoms with E-state index in [-0.39, 0.29) is 5.60 Å². The first-order valence-corrected chi connectivity index (χ1v) is 5.45. The highest BCUT2D eigenvalue weighted by Gasteiger charge is 2.14. The van der Waals surface area contributed by atoms with Crippen LogP contribution in [-0.4, -0.2) is 24.8 Å². The first-order chi connectivity index (χ1) is 6.08. The number of hydrogen-bond donors (Lipinski definition) is 1. The fourth-order valence-electron chi connectivity index (χ4n) is 1.71. The quantitative estimate of drug-likeness (QED) is 0.679. The highest BCUT2D eigenvalue weighted by molar-refractivity contribution is 4.73. The summed E-state index contributed by atoms with van der Waals surface area (Å²) in [6.45, 7) is 8.45. The van der Waals surface area contributed by atoms with Crippen molar-refractivity contribution < 1.29 is 4.74 Å². The number of hydrogen-bond acceptors (Lipinski definition) is 2. The molecule has 0 radical (unpaired) electrons. The molecule has 0 aliphatic carbocycles. The van der Waals surface area contributed by atoms with E-state index in [4.69, 9.17) is 4.74 Å². The fourth-order valence-corrected chi connectivity index (χ4v) is 1.71. The SMILES string of the molecule is CC(C)(C)OCCCC1CCCN1. The predicted octanol–water partition coefficient (Wildman–Crippen LogP) is 2.33. The van der Waals surface area contributed by atoms with Crippen molar-refractivity contribution in [1.82, 2.24) is 5.32 Å². The Labute approximate surface area is 82.0 Å². The molecule has 1 unspecified atom stereocenters. The third-order valence-electron chi connectivity index (χ3n) is 2.39. The molecule has 2 nitrogen and oxygen atoms in total. The van der Waals surface area contributed by atoms with Crippen LogP contribution in [0.4, 0.5) is 0 Å². The van der Waals surface area contributed by atoms with Gasteiger partial charge in [0.25, 0.3) is 0 Å². The van der Waals surface area contributed by atoms with Gasteiger partial charge in [-0.3, -0.25) is 0 Å². The van der Waals surface area contributed by atoms with Crippen LogP contribution < -0.4 is 5.32 Å². The molecule has 1 aliphatic heterocycles. The smallest absolute Gasteiger partial charge is 0.0598 e. The van der Waals surface area contributed by atoms with Gasteiger partial charge in [-0.25, -0.2) is 0 Å². The standard InChI is InChI=1S/C11H23NO/c1-11(2,3)13-9-5-7-10-6-4-8-12-10/h10,12H,4-9H2,1-3H3. The molecule has 1 fully saturated rings. The first-order valence-electron chi connectivity index (χ1n) is 5.45. The number of rotatable bonds is 4. The lowest BCUT2D eigenvalue weighted by molar-refractivity contribution is -0.00522. The Bertz CT molecular complexity index is 134. The highest BCUT2D eigenvalue weighted by Crippen LogP contribution is 2.12. The number of nitrogens with one attached hydrogen (secondary N) is 1. The zero-order valence-corrected chi connectivity index (χ0v) is 9.23. The monoisotopic (exact) mass is 185 g/mol. The van der Waals surface area contributed by atoms with E-state index in [9.17, 15) is 0 Å². The molecule has 0 amide bonds. The maximum Gasteiger partial charge on any atom is 0.0598 e. The minimum atomic E-state index is 0.0309. The Hall–Kier alpha value is -0.0800. The van der Waals surface area contributed by atoms with Crippen molar-refractivity contribution in [3.8, 4) is 0 Å². The van der Waals surface area contributed by atoms with Gasteiger partial charge in [0.2, 0.25) is 0 Å². The second kappa shape index (κ2) is 4.97. The molecule has 1 N–H and O–H groups in total. The van der Waals surface area contributed by atoms with E-state index in [2.05, 4.69) is 26.1 Å². The fraction of sp³-hybridized carbons (Fsp3) is 1.00. The van der Waals surface area contributed by atoms with E-state index in [1.165, 1.54) is 32.2 Å². The Kier molecular flexibility index (Phi) is 4.20. The largest absolute Gasteiger partial charge is 0.376 e. The normalized spacial score (nSPS) is 23.8. The van der Waals surface area contributed by atoms with Crippen molar-refractivity contribution in [3.05, 3.63) is 0 Å². The lowest BCUT2D eigenvalue weighted by atomic mass is 10.1. The summed E-state index contributed by atoms with van der Waals surface area (Å²) in [6.07, 6.45) is 5.17. The van der Waals surface area contributed by atoms with Gasteiger partial charge >= 0.3 is 0 Å². The van der Waals surface area contributed by atoms with Crippen molar-refractivity contribution in [1.29, 1.82) is 0 Å². The van der Waals surface area contributed by atoms with Gasteiger partial charge in [0.05, 0.1) is 5.60 Å². The van der Waals surface area contributed by atoms with E-state index in [1.807, 2.05) is 0 Å². The molecule has 1 rings (SSSR count). The van der Waals surface area contributed by atoms with Crippen LogP contribution in [0.2, 0.25) is 0 Å². The summed E-state index contributed by atoms with van der Waals surface area (Å²) < 4.78 is 5.66. The van der Waals surface area contributed by atoms with Crippen LogP contribution in [0.15, 0.2) is 0 Å². The lowest BCUT2D eigenvalue weighted by Gasteiger charge is -2.20. The summed E-state index contributed by atoms with van der Waals surface area (Å²) in [7, 11) is 0. The van der Waals surface area contributed by atoms with E-state index < -0.39 is 0 Å². The average molecular weight is 185 g/mol. The van der Waals surface area contributed by atoms with Gasteiger partial charge in [0, 0.05) is 12.6 Å². The van der Waals surface area contributed by atoms with Crippen LogP contribution >= 0.6 is 0 Å². The van der Waals surface area contributed by atoms with Gasteiger partial charge in [0.15, 0.2) is 0 Å². The van der Waals surface area contributed by atoms with Crippen molar-refractivity contribution in [2.24, 2.45) is 0 Å². The Morgan fingerprint density at radius 1 is 1.38 bits per heavy atom. The van der Waals surface area contributed by atoms with Crippen LogP contribution in [0.3, 0.4) is 0 Å². The van der Waals surface area contributed by atoms with E-state index in [0.29, 0.717) is 0 Å². The van der Waals surface area contributed by atoms with Crippen molar-refractivity contribution in [2.45, 2.75) is 58.1 Å². The molecule has 0 bridgehead atoms. The van der Waals surface area contributed by atoms with Gasteiger partial charge in [-0.2, -0.15) is 0 Å². The molecule has 0 aromatic carbocycles. The average Bonchev–Trinajstić information content (AvgIpc) is 2.48. The van der Waals surface area contributed by atoms with E-state index in [0.717, 1.165) is 12.6 Å². The molecule has 1 atom stereocenters. The molecule has 0 saturated carbocycles. The lowest BCUT2D eigenvalue weighted by Crippen LogP contribution is -2.23. The maximum atomic E-state index is 5.66. The number of ether oxygens (including phenoxy) is 1. The molecule has 0 aromatic heterocycles. The minimum Gasteiger partial charge on any atom is -0.376 e. The third kappa shape index (κ3) is 5.27. The van der Waals surface area contributed by atoms with Crippen LogP contribution in [0, 0.1) is 0 Å². The molecule has 1 saturated heterocycles. The predicted molar refractivity (Wildman–Crippen MR) is 56.0 cm³/mol. The molecular formula is C11H23NO. The van der Waals surface area contributed by atoms with Gasteiger partial charge in [0.1, 0.15) is 0 Å². The molecule has 13 heavy (non-hydrogen) atoms. The summed E-state index contributed by atoms with van der Waals surface area (Å²) in [5.74, 6) is 0. The van der Waals surface area contributed by atoms with E-state index >= 15 is 0 Å². The summed E-state index contributed by atoms with van der Waals surface area (Å²) in [5, 5.41) is 3.50. The van der Waals surface area contributed by atoms with Crippen LogP contribution in [0.25, 0.3) is 0 Å². The van der Waals surface area contributed by atoms with Gasteiger partial charge in [-0.15, -0.1) is 0 Å². The molecule has 1 heterocycles. The van der Waals surface area contributed by atoms with Crippen LogP contribution in [0.5, 0.6) is 0 Å². The highest BCUT2D eigenvalue weighted by atomic mass is 16.5. The Morgan fingerprint density at radius 2 is 2.15 bits per heavy atom. The Balaban J connectivity index is 1.94. The van der Waals surface area contributed by atoms with E-state index in [1.54, 1.807) is 0 Å². The van der Waals surface area contributed by atoms with Crippen LogP contribution in [-0.2, 0) is 4.74 Å². The molecular weight excluding hydrogens is 162 g/mol. The molecule has 2 heteroatoms. The van der Waals surface area contributed by atoms with Gasteiger partial charge in [-0.05, 0) is 53.0 Å². The second-order valence-corrected chi connectivity index (χ2v) is 4.90. The summed E-state index contributed by atoms with van der Waals surface area (Å²) in [6, 6.07) is 0.767. The summed E-state index contributed by atoms with van der Waals surface area (Å²) in [4.78, 5) is 0.